The maximum Gasteiger partial charge on any atom is 0.270 e. The van der Waals surface area contributed by atoms with E-state index in [1.807, 2.05) is 0 Å². The van der Waals surface area contributed by atoms with Crippen LogP contribution in [0, 0.1) is 5.92 Å². The quantitative estimate of drug-likeness (QED) is 0.771. The first-order valence-electron chi connectivity index (χ1n) is 8.96. The van der Waals surface area contributed by atoms with Crippen LogP contribution in [-0.2, 0) is 23.6 Å². The highest BCUT2D eigenvalue weighted by atomic mass is 32.2. The molecule has 0 radical (unpaired) electrons. The fourth-order valence-corrected chi connectivity index (χ4v) is 4.99. The highest BCUT2D eigenvalue weighted by Crippen LogP contribution is 2.25. The van der Waals surface area contributed by atoms with Crippen molar-refractivity contribution in [3.8, 4) is 0 Å². The van der Waals surface area contributed by atoms with Crippen LogP contribution in [0.1, 0.15) is 35.9 Å². The molecule has 1 aliphatic rings. The number of carbonyl (C=O) groups is 1. The van der Waals surface area contributed by atoms with Gasteiger partial charge in [-0.2, -0.15) is 4.31 Å². The second-order valence-corrected chi connectivity index (χ2v) is 9.08. The zero-order valence-electron chi connectivity index (χ0n) is 15.9. The average Bonchev–Trinajstić information content (AvgIpc) is 3.04. The minimum absolute atomic E-state index is 0.162. The second-order valence-electron chi connectivity index (χ2n) is 7.14. The lowest BCUT2D eigenvalue weighted by atomic mass is 10.0. The number of hydrogen-bond donors (Lipinski definition) is 0. The first-order valence-corrected chi connectivity index (χ1v) is 10.4. The Balaban J connectivity index is 1.80. The van der Waals surface area contributed by atoms with Gasteiger partial charge in [0.25, 0.3) is 5.91 Å². The molecule has 0 saturated carbocycles. The molecule has 0 bridgehead atoms. The molecule has 9 heteroatoms. The molecule has 27 heavy (non-hydrogen) atoms. The maximum absolute atomic E-state index is 13.0. The molecule has 1 aliphatic heterocycles. The summed E-state index contributed by atoms with van der Waals surface area (Å²) in [5, 5.41) is 0. The Kier molecular flexibility index (Phi) is 5.61. The van der Waals surface area contributed by atoms with Crippen LogP contribution in [0.25, 0.3) is 0 Å². The van der Waals surface area contributed by atoms with Crippen LogP contribution in [-0.4, -0.2) is 58.2 Å². The summed E-state index contributed by atoms with van der Waals surface area (Å²) >= 11 is 0. The normalized spacial score (nSPS) is 18.4. The molecule has 1 amide bonds. The molecule has 1 saturated heterocycles. The number of aryl methyl sites for hydroxylation is 1. The van der Waals surface area contributed by atoms with Crippen LogP contribution in [0.3, 0.4) is 0 Å². The van der Waals surface area contributed by atoms with Gasteiger partial charge in [0.1, 0.15) is 10.6 Å². The summed E-state index contributed by atoms with van der Waals surface area (Å²) in [5.74, 6) is 0.0769. The Labute approximate surface area is 159 Å². The van der Waals surface area contributed by atoms with E-state index in [-0.39, 0.29) is 10.8 Å². The lowest BCUT2D eigenvalue weighted by Gasteiger charge is -2.29. The van der Waals surface area contributed by atoms with E-state index in [4.69, 9.17) is 0 Å². The van der Waals surface area contributed by atoms with Gasteiger partial charge in [-0.05, 0) is 24.8 Å². The van der Waals surface area contributed by atoms with Crippen LogP contribution in [0.15, 0.2) is 35.7 Å². The Morgan fingerprint density at radius 3 is 2.81 bits per heavy atom. The van der Waals surface area contributed by atoms with E-state index in [2.05, 4.69) is 16.9 Å². The first kappa shape index (κ1) is 19.5. The number of rotatable bonds is 5. The van der Waals surface area contributed by atoms with Crippen LogP contribution < -0.4 is 0 Å². The van der Waals surface area contributed by atoms with E-state index in [0.29, 0.717) is 36.9 Å². The summed E-state index contributed by atoms with van der Waals surface area (Å²) in [7, 11) is -0.256. The molecule has 3 heterocycles. The molecule has 1 fully saturated rings. The fourth-order valence-electron chi connectivity index (χ4n) is 3.32. The third kappa shape index (κ3) is 4.19. The van der Waals surface area contributed by atoms with Gasteiger partial charge in [-0.1, -0.05) is 6.92 Å². The van der Waals surface area contributed by atoms with E-state index in [0.717, 1.165) is 12.8 Å². The SMILES string of the molecule is CC1CCCN(S(=O)(=O)c2cc(C(=O)N(C)Cc3cnccn3)n(C)c2)C1. The highest BCUT2D eigenvalue weighted by molar-refractivity contribution is 7.89. The molecule has 2 aromatic heterocycles. The van der Waals surface area contributed by atoms with E-state index < -0.39 is 10.0 Å². The number of carbonyl (C=O) groups excluding carboxylic acids is 1. The molecule has 146 valence electrons. The number of piperidine rings is 1. The summed E-state index contributed by atoms with van der Waals surface area (Å²) in [6.45, 7) is 3.40. The summed E-state index contributed by atoms with van der Waals surface area (Å²) in [6, 6.07) is 1.46. The van der Waals surface area contributed by atoms with Crippen molar-refractivity contribution in [2.24, 2.45) is 13.0 Å². The van der Waals surface area contributed by atoms with Gasteiger partial charge in [0.15, 0.2) is 0 Å². The smallest absolute Gasteiger partial charge is 0.270 e. The van der Waals surface area contributed by atoms with E-state index in [1.165, 1.54) is 21.5 Å². The van der Waals surface area contributed by atoms with E-state index >= 15 is 0 Å². The standard InChI is InChI=1S/C18H25N5O3S/c1-14-5-4-8-23(11-14)27(25,26)16-9-17(21(2)13-16)18(24)22(3)12-15-10-19-6-7-20-15/h6-7,9-10,13-14H,4-5,8,11-12H2,1-3H3. The first-order chi connectivity index (χ1) is 12.8. The van der Waals surface area contributed by atoms with Crippen molar-refractivity contribution in [3.63, 3.8) is 0 Å². The molecule has 1 atom stereocenters. The van der Waals surface area contributed by atoms with Gasteiger partial charge in [0.2, 0.25) is 10.0 Å². The van der Waals surface area contributed by atoms with Crippen molar-refractivity contribution in [3.05, 3.63) is 42.2 Å². The monoisotopic (exact) mass is 391 g/mol. The third-order valence-electron chi connectivity index (χ3n) is 4.82. The molecule has 8 nitrogen and oxygen atoms in total. The molecule has 3 rings (SSSR count). The largest absolute Gasteiger partial charge is 0.345 e. The number of sulfonamides is 1. The van der Waals surface area contributed by atoms with Gasteiger partial charge in [0, 0.05) is 45.8 Å². The predicted molar refractivity (Wildman–Crippen MR) is 100 cm³/mol. The van der Waals surface area contributed by atoms with E-state index in [9.17, 15) is 13.2 Å². The predicted octanol–water partition coefficient (Wildman–Crippen LogP) is 1.51. The van der Waals surface area contributed by atoms with E-state index in [1.54, 1.807) is 37.3 Å². The Morgan fingerprint density at radius 1 is 1.37 bits per heavy atom. The van der Waals surface area contributed by atoms with Crippen LogP contribution in [0.4, 0.5) is 0 Å². The average molecular weight is 391 g/mol. The van der Waals surface area contributed by atoms with Crippen molar-refractivity contribution in [2.45, 2.75) is 31.2 Å². The molecular formula is C18H25N5O3S. The fraction of sp³-hybridized carbons (Fsp3) is 0.500. The molecule has 0 aromatic carbocycles. The van der Waals surface area contributed by atoms with Gasteiger partial charge < -0.3 is 9.47 Å². The summed E-state index contributed by atoms with van der Waals surface area (Å²) in [5.41, 5.74) is 0.989. The third-order valence-corrected chi connectivity index (χ3v) is 6.65. The van der Waals surface area contributed by atoms with Crippen LogP contribution in [0.5, 0.6) is 0 Å². The summed E-state index contributed by atoms with van der Waals surface area (Å²) < 4.78 is 29.0. The second kappa shape index (κ2) is 7.77. The lowest BCUT2D eigenvalue weighted by molar-refractivity contribution is 0.0774. The van der Waals surface area contributed by atoms with Gasteiger partial charge in [0.05, 0.1) is 18.4 Å². The van der Waals surface area contributed by atoms with Gasteiger partial charge in [-0.3, -0.25) is 14.8 Å². The zero-order chi connectivity index (χ0) is 19.6. The van der Waals surface area contributed by atoms with Crippen molar-refractivity contribution in [1.29, 1.82) is 0 Å². The van der Waals surface area contributed by atoms with Crippen molar-refractivity contribution < 1.29 is 13.2 Å². The number of nitrogens with zero attached hydrogens (tertiary/aromatic N) is 5. The molecule has 1 unspecified atom stereocenters. The van der Waals surface area contributed by atoms with Crippen LogP contribution in [0.2, 0.25) is 0 Å². The van der Waals surface area contributed by atoms with Crippen molar-refractivity contribution >= 4 is 15.9 Å². The number of aromatic nitrogens is 3. The molecule has 0 aliphatic carbocycles. The Bertz CT molecular complexity index is 910. The van der Waals surface area contributed by atoms with Crippen molar-refractivity contribution in [2.75, 3.05) is 20.1 Å². The lowest BCUT2D eigenvalue weighted by Crippen LogP contribution is -2.38. The minimum atomic E-state index is -3.60. The Morgan fingerprint density at radius 2 is 2.15 bits per heavy atom. The Hall–Kier alpha value is -2.26. The highest BCUT2D eigenvalue weighted by Gasteiger charge is 2.31. The molecule has 2 aromatic rings. The molecule has 0 N–H and O–H groups in total. The van der Waals surface area contributed by atoms with Crippen LogP contribution >= 0.6 is 0 Å². The molecular weight excluding hydrogens is 366 g/mol. The minimum Gasteiger partial charge on any atom is -0.345 e. The topological polar surface area (TPSA) is 88.4 Å². The maximum atomic E-state index is 13.0. The van der Waals surface area contributed by atoms with Gasteiger partial charge >= 0.3 is 0 Å². The summed E-state index contributed by atoms with van der Waals surface area (Å²) in [6.07, 6.45) is 8.15. The molecule has 0 spiro atoms. The van der Waals surface area contributed by atoms with Gasteiger partial charge in [-0.15, -0.1) is 0 Å². The van der Waals surface area contributed by atoms with Crippen molar-refractivity contribution in [1.82, 2.24) is 23.7 Å². The number of hydrogen-bond acceptors (Lipinski definition) is 5. The summed E-state index contributed by atoms with van der Waals surface area (Å²) in [4.78, 5) is 22.6. The van der Waals surface area contributed by atoms with Gasteiger partial charge in [-0.25, -0.2) is 8.42 Å². The number of amides is 1. The zero-order valence-corrected chi connectivity index (χ0v) is 16.7.